The summed E-state index contributed by atoms with van der Waals surface area (Å²) in [7, 11) is 1.49. The Bertz CT molecular complexity index is 515. The maximum atomic E-state index is 11.7. The van der Waals surface area contributed by atoms with Crippen molar-refractivity contribution >= 4 is 12.1 Å². The Hall–Kier alpha value is -2.04. The number of carbonyl (C=O) groups is 1. The zero-order chi connectivity index (χ0) is 17.6. The third kappa shape index (κ3) is 8.56. The quantitative estimate of drug-likeness (QED) is 0.338. The van der Waals surface area contributed by atoms with Gasteiger partial charge in [0, 0.05) is 6.42 Å². The Balaban J connectivity index is 2.15. The topological polar surface area (TPSA) is 70.9 Å². The Kier molecular flexibility index (Phi) is 10.3. The molecule has 0 aliphatic rings. The van der Waals surface area contributed by atoms with E-state index in [4.69, 9.17) is 4.74 Å². The minimum absolute atomic E-state index is 0.0667. The first-order valence-corrected chi connectivity index (χ1v) is 8.86. The molecule has 0 atom stereocenters. The predicted molar refractivity (Wildman–Crippen MR) is 97.6 cm³/mol. The molecule has 1 amide bonds. The van der Waals surface area contributed by atoms with Crippen LogP contribution in [0.2, 0.25) is 0 Å². The number of rotatable bonds is 12. The summed E-state index contributed by atoms with van der Waals surface area (Å²) >= 11 is 0. The van der Waals surface area contributed by atoms with Gasteiger partial charge in [0.05, 0.1) is 13.3 Å². The number of phenolic OH excluding ortho intramolecular Hbond substituents is 1. The SMILES string of the molecule is CCCCCCCCCCC(=O)N/N=C/c1ccc(O)c(OC)c1. The summed E-state index contributed by atoms with van der Waals surface area (Å²) in [6, 6.07) is 4.89. The van der Waals surface area contributed by atoms with Crippen molar-refractivity contribution in [2.45, 2.75) is 64.7 Å². The third-order valence-electron chi connectivity index (χ3n) is 3.86. The average molecular weight is 334 g/mol. The number of hydrazone groups is 1. The standard InChI is InChI=1S/C19H30N2O3/c1-3-4-5-6-7-8-9-10-11-19(23)21-20-15-16-12-13-17(22)18(14-16)24-2/h12-15,22H,3-11H2,1-2H3,(H,21,23)/b20-15+. The summed E-state index contributed by atoms with van der Waals surface area (Å²) in [6.45, 7) is 2.22. The number of amides is 1. The second kappa shape index (κ2) is 12.4. The number of nitrogens with one attached hydrogen (secondary N) is 1. The van der Waals surface area contributed by atoms with Crippen LogP contribution in [-0.4, -0.2) is 24.3 Å². The van der Waals surface area contributed by atoms with Crippen molar-refractivity contribution in [3.63, 3.8) is 0 Å². The van der Waals surface area contributed by atoms with Crippen LogP contribution in [0.15, 0.2) is 23.3 Å². The van der Waals surface area contributed by atoms with Crippen molar-refractivity contribution in [3.8, 4) is 11.5 Å². The van der Waals surface area contributed by atoms with Crippen LogP contribution in [0.1, 0.15) is 70.3 Å². The number of aromatic hydroxyl groups is 1. The molecule has 0 saturated carbocycles. The lowest BCUT2D eigenvalue weighted by Crippen LogP contribution is -2.16. The molecule has 0 fully saturated rings. The number of methoxy groups -OCH3 is 1. The molecule has 5 heteroatoms. The first-order valence-electron chi connectivity index (χ1n) is 8.86. The first kappa shape index (κ1) is 20.0. The van der Waals surface area contributed by atoms with E-state index in [9.17, 15) is 9.90 Å². The average Bonchev–Trinajstić information content (AvgIpc) is 2.58. The van der Waals surface area contributed by atoms with Crippen molar-refractivity contribution in [2.75, 3.05) is 7.11 Å². The summed E-state index contributed by atoms with van der Waals surface area (Å²) in [5.74, 6) is 0.389. The smallest absolute Gasteiger partial charge is 0.240 e. The molecule has 0 aliphatic heterocycles. The van der Waals surface area contributed by atoms with E-state index in [2.05, 4.69) is 17.5 Å². The highest BCUT2D eigenvalue weighted by Crippen LogP contribution is 2.25. The molecule has 2 N–H and O–H groups in total. The zero-order valence-electron chi connectivity index (χ0n) is 14.9. The van der Waals surface area contributed by atoms with Gasteiger partial charge in [-0.25, -0.2) is 5.43 Å². The number of phenols is 1. The number of ether oxygens (including phenoxy) is 1. The van der Waals surface area contributed by atoms with Crippen molar-refractivity contribution in [3.05, 3.63) is 23.8 Å². The van der Waals surface area contributed by atoms with Crippen LogP contribution in [0.4, 0.5) is 0 Å². The Morgan fingerprint density at radius 2 is 1.83 bits per heavy atom. The summed E-state index contributed by atoms with van der Waals surface area (Å²) in [5, 5.41) is 13.4. The van der Waals surface area contributed by atoms with E-state index in [1.165, 1.54) is 57.9 Å². The molecule has 0 heterocycles. The van der Waals surface area contributed by atoms with Gasteiger partial charge in [0.15, 0.2) is 11.5 Å². The molecule has 0 saturated heterocycles. The van der Waals surface area contributed by atoms with E-state index < -0.39 is 0 Å². The van der Waals surface area contributed by atoms with Gasteiger partial charge in [0.1, 0.15) is 0 Å². The van der Waals surface area contributed by atoms with E-state index in [0.29, 0.717) is 12.2 Å². The van der Waals surface area contributed by atoms with Crippen LogP contribution < -0.4 is 10.2 Å². The molecular formula is C19H30N2O3. The molecule has 0 aromatic heterocycles. The number of benzene rings is 1. The molecular weight excluding hydrogens is 304 g/mol. The number of hydrogen-bond acceptors (Lipinski definition) is 4. The number of unbranched alkanes of at least 4 members (excludes halogenated alkanes) is 7. The van der Waals surface area contributed by atoms with Crippen molar-refractivity contribution in [1.82, 2.24) is 5.43 Å². The Morgan fingerprint density at radius 3 is 2.50 bits per heavy atom. The van der Waals surface area contributed by atoms with Crippen LogP contribution in [0, 0.1) is 0 Å². The Labute approximate surface area is 145 Å². The zero-order valence-corrected chi connectivity index (χ0v) is 14.9. The molecule has 1 aromatic carbocycles. The van der Waals surface area contributed by atoms with Crippen LogP contribution >= 0.6 is 0 Å². The lowest BCUT2D eigenvalue weighted by molar-refractivity contribution is -0.121. The first-order chi connectivity index (χ1) is 11.7. The maximum absolute atomic E-state index is 11.7. The van der Waals surface area contributed by atoms with Crippen molar-refractivity contribution in [1.29, 1.82) is 0 Å². The number of hydrogen-bond donors (Lipinski definition) is 2. The fourth-order valence-corrected chi connectivity index (χ4v) is 2.43. The molecule has 24 heavy (non-hydrogen) atoms. The van der Waals surface area contributed by atoms with Crippen molar-refractivity contribution in [2.24, 2.45) is 5.10 Å². The minimum atomic E-state index is -0.0667. The van der Waals surface area contributed by atoms with Gasteiger partial charge in [-0.15, -0.1) is 0 Å². The molecule has 5 nitrogen and oxygen atoms in total. The lowest BCUT2D eigenvalue weighted by Gasteiger charge is -2.04. The molecule has 0 radical (unpaired) electrons. The second-order valence-corrected chi connectivity index (χ2v) is 5.95. The van der Waals surface area contributed by atoms with Crippen molar-refractivity contribution < 1.29 is 14.6 Å². The molecule has 134 valence electrons. The molecule has 0 bridgehead atoms. The van der Waals surface area contributed by atoms with Gasteiger partial charge in [-0.05, 0) is 30.2 Å². The maximum Gasteiger partial charge on any atom is 0.240 e. The van der Waals surface area contributed by atoms with Gasteiger partial charge in [-0.1, -0.05) is 51.9 Å². The Morgan fingerprint density at radius 1 is 1.17 bits per heavy atom. The normalized spacial score (nSPS) is 10.9. The van der Waals surface area contributed by atoms with Gasteiger partial charge < -0.3 is 9.84 Å². The van der Waals surface area contributed by atoms with Gasteiger partial charge in [0.2, 0.25) is 5.91 Å². The van der Waals surface area contributed by atoms with Gasteiger partial charge in [-0.2, -0.15) is 5.10 Å². The largest absolute Gasteiger partial charge is 0.504 e. The summed E-state index contributed by atoms with van der Waals surface area (Å²) in [4.78, 5) is 11.7. The van der Waals surface area contributed by atoms with E-state index in [1.807, 2.05) is 0 Å². The number of carbonyl (C=O) groups excluding carboxylic acids is 1. The summed E-state index contributed by atoms with van der Waals surface area (Å²) in [5.41, 5.74) is 3.28. The van der Waals surface area contributed by atoms with E-state index >= 15 is 0 Å². The van der Waals surface area contributed by atoms with Gasteiger partial charge in [0.25, 0.3) is 0 Å². The van der Waals surface area contributed by atoms with E-state index in [-0.39, 0.29) is 11.7 Å². The fraction of sp³-hybridized carbons (Fsp3) is 0.579. The second-order valence-electron chi connectivity index (χ2n) is 5.95. The van der Waals surface area contributed by atoms with Crippen LogP contribution in [-0.2, 0) is 4.79 Å². The molecule has 1 rings (SSSR count). The van der Waals surface area contributed by atoms with E-state index in [0.717, 1.165) is 18.4 Å². The number of nitrogens with zero attached hydrogens (tertiary/aromatic N) is 1. The lowest BCUT2D eigenvalue weighted by atomic mass is 10.1. The monoisotopic (exact) mass is 334 g/mol. The van der Waals surface area contributed by atoms with Crippen LogP contribution in [0.5, 0.6) is 11.5 Å². The minimum Gasteiger partial charge on any atom is -0.504 e. The molecule has 0 spiro atoms. The third-order valence-corrected chi connectivity index (χ3v) is 3.86. The fourth-order valence-electron chi connectivity index (χ4n) is 2.43. The predicted octanol–water partition coefficient (Wildman–Crippen LogP) is 4.38. The van der Waals surface area contributed by atoms with Crippen LogP contribution in [0.25, 0.3) is 0 Å². The highest BCUT2D eigenvalue weighted by atomic mass is 16.5. The van der Waals surface area contributed by atoms with E-state index in [1.54, 1.807) is 12.1 Å². The highest BCUT2D eigenvalue weighted by molar-refractivity contribution is 5.83. The molecule has 0 aliphatic carbocycles. The molecule has 0 unspecified atom stereocenters. The summed E-state index contributed by atoms with van der Waals surface area (Å²) < 4.78 is 5.02. The van der Waals surface area contributed by atoms with Gasteiger partial charge >= 0.3 is 0 Å². The molecule has 1 aromatic rings. The highest BCUT2D eigenvalue weighted by Gasteiger charge is 2.02. The van der Waals surface area contributed by atoms with Crippen LogP contribution in [0.3, 0.4) is 0 Å². The summed E-state index contributed by atoms with van der Waals surface area (Å²) in [6.07, 6.45) is 11.7. The van der Waals surface area contributed by atoms with Gasteiger partial charge in [-0.3, -0.25) is 4.79 Å².